The van der Waals surface area contributed by atoms with E-state index in [4.69, 9.17) is 4.74 Å². The Morgan fingerprint density at radius 2 is 2.21 bits per heavy atom. The number of halogens is 1. The Bertz CT molecular complexity index is 301. The van der Waals surface area contributed by atoms with Crippen LogP contribution in [0.1, 0.15) is 20.3 Å². The highest BCUT2D eigenvalue weighted by Crippen LogP contribution is 2.28. The SMILES string of the molecule is CCC(C)Nc1cc(Br)ccc1OC. The summed E-state index contributed by atoms with van der Waals surface area (Å²) in [5, 5.41) is 3.40. The van der Waals surface area contributed by atoms with Crippen LogP contribution in [0.5, 0.6) is 5.75 Å². The van der Waals surface area contributed by atoms with Gasteiger partial charge in [-0.3, -0.25) is 0 Å². The molecule has 0 saturated carbocycles. The quantitative estimate of drug-likeness (QED) is 0.889. The number of rotatable bonds is 4. The van der Waals surface area contributed by atoms with Crippen molar-refractivity contribution in [3.05, 3.63) is 22.7 Å². The molecule has 0 spiro atoms. The molecule has 0 saturated heterocycles. The van der Waals surface area contributed by atoms with Gasteiger partial charge in [-0.2, -0.15) is 0 Å². The third-order valence-electron chi connectivity index (χ3n) is 2.18. The Kier molecular flexibility index (Phi) is 4.26. The summed E-state index contributed by atoms with van der Waals surface area (Å²) in [5.74, 6) is 0.883. The van der Waals surface area contributed by atoms with Crippen molar-refractivity contribution < 1.29 is 4.74 Å². The summed E-state index contributed by atoms with van der Waals surface area (Å²) < 4.78 is 6.32. The fourth-order valence-electron chi connectivity index (χ4n) is 1.16. The molecule has 0 aliphatic heterocycles. The molecule has 14 heavy (non-hydrogen) atoms. The van der Waals surface area contributed by atoms with Crippen LogP contribution in [0.3, 0.4) is 0 Å². The van der Waals surface area contributed by atoms with E-state index < -0.39 is 0 Å². The standard InChI is InChI=1S/C11H16BrNO/c1-4-8(2)13-10-7-9(12)5-6-11(10)14-3/h5-8,13H,4H2,1-3H3. The zero-order valence-electron chi connectivity index (χ0n) is 8.80. The molecule has 78 valence electrons. The number of ether oxygens (including phenoxy) is 1. The van der Waals surface area contributed by atoms with Gasteiger partial charge in [0.15, 0.2) is 0 Å². The summed E-state index contributed by atoms with van der Waals surface area (Å²) >= 11 is 3.44. The van der Waals surface area contributed by atoms with Gasteiger partial charge in [-0.05, 0) is 31.5 Å². The third kappa shape index (κ3) is 2.91. The molecule has 1 aromatic carbocycles. The zero-order chi connectivity index (χ0) is 10.6. The van der Waals surface area contributed by atoms with Gasteiger partial charge in [-0.25, -0.2) is 0 Å². The number of methoxy groups -OCH3 is 1. The fourth-order valence-corrected chi connectivity index (χ4v) is 1.52. The van der Waals surface area contributed by atoms with Crippen LogP contribution in [0.25, 0.3) is 0 Å². The van der Waals surface area contributed by atoms with Crippen molar-refractivity contribution in [1.29, 1.82) is 0 Å². The van der Waals surface area contributed by atoms with Crippen LogP contribution in [-0.4, -0.2) is 13.2 Å². The summed E-state index contributed by atoms with van der Waals surface area (Å²) in [6, 6.07) is 6.42. The third-order valence-corrected chi connectivity index (χ3v) is 2.67. The first kappa shape index (κ1) is 11.4. The predicted octanol–water partition coefficient (Wildman–Crippen LogP) is 3.67. The minimum atomic E-state index is 0.457. The van der Waals surface area contributed by atoms with E-state index in [0.717, 1.165) is 22.3 Å². The van der Waals surface area contributed by atoms with Gasteiger partial charge in [0, 0.05) is 10.5 Å². The first-order valence-corrected chi connectivity index (χ1v) is 5.56. The molecule has 3 heteroatoms. The fraction of sp³-hybridized carbons (Fsp3) is 0.455. The largest absolute Gasteiger partial charge is 0.495 e. The van der Waals surface area contributed by atoms with Crippen molar-refractivity contribution in [1.82, 2.24) is 0 Å². The van der Waals surface area contributed by atoms with Crippen LogP contribution in [-0.2, 0) is 0 Å². The lowest BCUT2D eigenvalue weighted by Gasteiger charge is -2.16. The van der Waals surface area contributed by atoms with Gasteiger partial charge in [0.25, 0.3) is 0 Å². The Morgan fingerprint density at radius 3 is 2.79 bits per heavy atom. The summed E-state index contributed by atoms with van der Waals surface area (Å²) in [4.78, 5) is 0. The van der Waals surface area contributed by atoms with Crippen LogP contribution >= 0.6 is 15.9 Å². The minimum absolute atomic E-state index is 0.457. The summed E-state index contributed by atoms with van der Waals surface area (Å²) in [7, 11) is 1.69. The van der Waals surface area contributed by atoms with Crippen LogP contribution in [0.15, 0.2) is 22.7 Å². The minimum Gasteiger partial charge on any atom is -0.495 e. The Labute approximate surface area is 93.8 Å². The van der Waals surface area contributed by atoms with E-state index in [9.17, 15) is 0 Å². The lowest BCUT2D eigenvalue weighted by atomic mass is 10.2. The van der Waals surface area contributed by atoms with E-state index in [-0.39, 0.29) is 0 Å². The second kappa shape index (κ2) is 5.25. The number of hydrogen-bond donors (Lipinski definition) is 1. The van der Waals surface area contributed by atoms with E-state index in [2.05, 4.69) is 35.1 Å². The van der Waals surface area contributed by atoms with Crippen molar-refractivity contribution in [3.63, 3.8) is 0 Å². The summed E-state index contributed by atoms with van der Waals surface area (Å²) in [6.45, 7) is 4.31. The monoisotopic (exact) mass is 257 g/mol. The molecule has 1 rings (SSSR count). The van der Waals surface area contributed by atoms with Gasteiger partial charge < -0.3 is 10.1 Å². The highest BCUT2D eigenvalue weighted by atomic mass is 79.9. The zero-order valence-corrected chi connectivity index (χ0v) is 10.4. The maximum absolute atomic E-state index is 5.26. The maximum atomic E-state index is 5.26. The predicted molar refractivity (Wildman–Crippen MR) is 64.1 cm³/mol. The topological polar surface area (TPSA) is 21.3 Å². The number of nitrogens with one attached hydrogen (secondary N) is 1. The molecule has 0 aliphatic rings. The van der Waals surface area contributed by atoms with Crippen LogP contribution < -0.4 is 10.1 Å². The first-order chi connectivity index (χ1) is 6.67. The Hall–Kier alpha value is -0.700. The van der Waals surface area contributed by atoms with Crippen molar-refractivity contribution >= 4 is 21.6 Å². The van der Waals surface area contributed by atoms with Gasteiger partial charge in [0.05, 0.1) is 12.8 Å². The second-order valence-corrected chi connectivity index (χ2v) is 4.21. The highest BCUT2D eigenvalue weighted by Gasteiger charge is 2.05. The molecule has 2 nitrogen and oxygen atoms in total. The van der Waals surface area contributed by atoms with Crippen molar-refractivity contribution in [2.75, 3.05) is 12.4 Å². The molecule has 1 unspecified atom stereocenters. The number of anilines is 1. The van der Waals surface area contributed by atoms with Crippen LogP contribution in [0.2, 0.25) is 0 Å². The highest BCUT2D eigenvalue weighted by molar-refractivity contribution is 9.10. The molecule has 1 N–H and O–H groups in total. The van der Waals surface area contributed by atoms with E-state index in [1.807, 2.05) is 18.2 Å². The van der Waals surface area contributed by atoms with Gasteiger partial charge in [-0.1, -0.05) is 22.9 Å². The molecule has 0 aliphatic carbocycles. The number of benzene rings is 1. The normalized spacial score (nSPS) is 12.3. The molecule has 0 aromatic heterocycles. The van der Waals surface area contributed by atoms with E-state index in [1.54, 1.807) is 7.11 Å². The summed E-state index contributed by atoms with van der Waals surface area (Å²) in [5.41, 5.74) is 1.04. The average molecular weight is 258 g/mol. The molecular weight excluding hydrogens is 242 g/mol. The number of hydrogen-bond acceptors (Lipinski definition) is 2. The molecule has 0 radical (unpaired) electrons. The van der Waals surface area contributed by atoms with E-state index >= 15 is 0 Å². The van der Waals surface area contributed by atoms with Crippen molar-refractivity contribution in [2.45, 2.75) is 26.3 Å². The summed E-state index contributed by atoms with van der Waals surface area (Å²) in [6.07, 6.45) is 1.09. The van der Waals surface area contributed by atoms with Crippen LogP contribution in [0.4, 0.5) is 5.69 Å². The van der Waals surface area contributed by atoms with Crippen LogP contribution in [0, 0.1) is 0 Å². The molecular formula is C11H16BrNO. The Morgan fingerprint density at radius 1 is 1.50 bits per heavy atom. The first-order valence-electron chi connectivity index (χ1n) is 4.77. The average Bonchev–Trinajstić information content (AvgIpc) is 2.18. The van der Waals surface area contributed by atoms with Gasteiger partial charge in [0.2, 0.25) is 0 Å². The smallest absolute Gasteiger partial charge is 0.142 e. The molecule has 0 heterocycles. The van der Waals surface area contributed by atoms with Crippen molar-refractivity contribution in [2.24, 2.45) is 0 Å². The van der Waals surface area contributed by atoms with Gasteiger partial charge in [0.1, 0.15) is 5.75 Å². The maximum Gasteiger partial charge on any atom is 0.142 e. The lowest BCUT2D eigenvalue weighted by molar-refractivity contribution is 0.416. The molecule has 1 aromatic rings. The van der Waals surface area contributed by atoms with E-state index in [0.29, 0.717) is 6.04 Å². The van der Waals surface area contributed by atoms with Gasteiger partial charge >= 0.3 is 0 Å². The second-order valence-electron chi connectivity index (χ2n) is 3.30. The van der Waals surface area contributed by atoms with Gasteiger partial charge in [-0.15, -0.1) is 0 Å². The van der Waals surface area contributed by atoms with Crippen molar-refractivity contribution in [3.8, 4) is 5.75 Å². The lowest BCUT2D eigenvalue weighted by Crippen LogP contribution is -2.13. The molecule has 0 bridgehead atoms. The molecule has 0 amide bonds. The molecule has 0 fully saturated rings. The molecule has 1 atom stereocenters. The van der Waals surface area contributed by atoms with E-state index in [1.165, 1.54) is 0 Å². The Balaban J connectivity index is 2.87.